The summed E-state index contributed by atoms with van der Waals surface area (Å²) in [5, 5.41) is 3.15. The van der Waals surface area contributed by atoms with Gasteiger partial charge in [0.2, 0.25) is 5.91 Å². The Balaban J connectivity index is 1.17. The van der Waals surface area contributed by atoms with Crippen molar-refractivity contribution in [3.8, 4) is 0 Å². The van der Waals surface area contributed by atoms with E-state index in [0.29, 0.717) is 34.3 Å². The monoisotopic (exact) mass is 1050 g/mol. The molecule has 0 bridgehead atoms. The van der Waals surface area contributed by atoms with Gasteiger partial charge in [0.25, 0.3) is 11.8 Å². The number of hydrogen-bond donors (Lipinski definition) is 3. The highest BCUT2D eigenvalue weighted by Crippen LogP contribution is 2.46. The second-order valence-electron chi connectivity index (χ2n) is 15.7. The summed E-state index contributed by atoms with van der Waals surface area (Å²) < 4.78 is 56.1. The average molecular weight is 1050 g/mol. The topological polar surface area (TPSA) is 284 Å². The van der Waals surface area contributed by atoms with Crippen molar-refractivity contribution in [3.63, 3.8) is 0 Å². The zero-order valence-electron chi connectivity index (χ0n) is 35.1. The lowest BCUT2D eigenvalue weighted by molar-refractivity contribution is -0.177. The standard InChI is InChI=1S/C35H51IN7O16PS2/c1-20(12-53-33(49)59-43-25(47)8-9-26(43)48)62-61-11-10-24(46)37-14-34(4,5)15-52-16-35(6,7)17-55-60(50,51)54-13-23-28(56-21(2)44)29(57-22(3)45)32(58-23)42-19-40-27-30(41-36)38-18-39-31(27)42/h18-20,23,28-29,32H,8-17H2,1-7H3,(H,37,46)(H,50,51)(H,38,39,41). The second-order valence-corrected chi connectivity index (χ2v) is 20.6. The number of halogens is 1. The van der Waals surface area contributed by atoms with Crippen LogP contribution in [0.2, 0.25) is 0 Å². The molecule has 0 aliphatic carbocycles. The van der Waals surface area contributed by atoms with Gasteiger partial charge in [-0.3, -0.25) is 42.4 Å². The number of amides is 3. The number of carbonyl (C=O) groups excluding carboxylic acids is 6. The van der Waals surface area contributed by atoms with Crippen molar-refractivity contribution in [1.82, 2.24) is 29.9 Å². The molecule has 6 unspecified atom stereocenters. The van der Waals surface area contributed by atoms with E-state index in [-0.39, 0.29) is 56.8 Å². The largest absolute Gasteiger partial charge is 0.533 e. The Kier molecular flexibility index (Phi) is 19.0. The zero-order valence-corrected chi connectivity index (χ0v) is 39.7. The lowest BCUT2D eigenvalue weighted by Gasteiger charge is -2.29. The summed E-state index contributed by atoms with van der Waals surface area (Å²) in [6.45, 7) is 11.3. The van der Waals surface area contributed by atoms with Crippen LogP contribution in [0.25, 0.3) is 11.2 Å². The molecular formula is C35H51IN7O16PS2. The third kappa shape index (κ3) is 15.7. The molecule has 6 atom stereocenters. The second kappa shape index (κ2) is 23.0. The first-order chi connectivity index (χ1) is 29.1. The number of phosphoric acid groups is 1. The number of nitrogens with one attached hydrogen (secondary N) is 2. The Bertz CT molecular complexity index is 1960. The maximum absolute atomic E-state index is 13.1. The van der Waals surface area contributed by atoms with Crippen LogP contribution in [0, 0.1) is 10.8 Å². The van der Waals surface area contributed by atoms with E-state index in [9.17, 15) is 38.2 Å². The first-order valence-electron chi connectivity index (χ1n) is 19.1. The number of hydroxylamine groups is 2. The molecule has 346 valence electrons. The van der Waals surface area contributed by atoms with E-state index in [4.69, 9.17) is 32.7 Å². The predicted molar refractivity (Wildman–Crippen MR) is 229 cm³/mol. The van der Waals surface area contributed by atoms with E-state index in [2.05, 4.69) is 28.6 Å². The highest BCUT2D eigenvalue weighted by Gasteiger charge is 2.51. The van der Waals surface area contributed by atoms with Gasteiger partial charge in [0.15, 0.2) is 35.4 Å². The Hall–Kier alpha value is -3.37. The Morgan fingerprint density at radius 3 is 2.32 bits per heavy atom. The first kappa shape index (κ1) is 51.3. The minimum absolute atomic E-state index is 0.0179. The van der Waals surface area contributed by atoms with Crippen molar-refractivity contribution < 1.29 is 75.8 Å². The summed E-state index contributed by atoms with van der Waals surface area (Å²) >= 11 is 1.89. The van der Waals surface area contributed by atoms with Crippen LogP contribution < -0.4 is 8.85 Å². The lowest BCUT2D eigenvalue weighted by Crippen LogP contribution is -2.40. The smallest absolute Gasteiger partial charge is 0.456 e. The van der Waals surface area contributed by atoms with Gasteiger partial charge in [-0.2, -0.15) is 0 Å². The summed E-state index contributed by atoms with van der Waals surface area (Å²) in [5.41, 5.74) is -0.557. The highest BCUT2D eigenvalue weighted by molar-refractivity contribution is 14.1. The molecule has 62 heavy (non-hydrogen) atoms. The average Bonchev–Trinajstić information content (AvgIpc) is 3.87. The van der Waals surface area contributed by atoms with Crippen LogP contribution in [0.3, 0.4) is 0 Å². The number of rotatable bonds is 24. The van der Waals surface area contributed by atoms with E-state index in [0.717, 1.165) is 6.92 Å². The maximum Gasteiger partial charge on any atom is 0.533 e. The van der Waals surface area contributed by atoms with Crippen LogP contribution in [0.5, 0.6) is 0 Å². The van der Waals surface area contributed by atoms with Gasteiger partial charge in [-0.25, -0.2) is 24.3 Å². The molecule has 0 aromatic carbocycles. The quantitative estimate of drug-likeness (QED) is 0.0195. The van der Waals surface area contributed by atoms with Crippen molar-refractivity contribution in [3.05, 3.63) is 12.7 Å². The fourth-order valence-corrected chi connectivity index (χ4v) is 9.12. The van der Waals surface area contributed by atoms with Gasteiger partial charge in [-0.05, 0) is 6.92 Å². The van der Waals surface area contributed by atoms with Crippen molar-refractivity contribution in [2.45, 2.75) is 97.5 Å². The summed E-state index contributed by atoms with van der Waals surface area (Å²) in [6, 6.07) is 0. The van der Waals surface area contributed by atoms with Gasteiger partial charge in [0.1, 0.15) is 19.0 Å². The van der Waals surface area contributed by atoms with E-state index < -0.39 is 79.7 Å². The van der Waals surface area contributed by atoms with Crippen LogP contribution in [-0.2, 0) is 66.1 Å². The summed E-state index contributed by atoms with van der Waals surface area (Å²) in [5.74, 6) is -1.91. The number of hydrogen-bond acceptors (Lipinski definition) is 21. The molecule has 2 saturated heterocycles. The lowest BCUT2D eigenvalue weighted by atomic mass is 9.93. The van der Waals surface area contributed by atoms with Gasteiger partial charge in [-0.1, -0.05) is 54.3 Å². The van der Waals surface area contributed by atoms with Gasteiger partial charge in [0.05, 0.1) is 55.6 Å². The molecule has 2 aliphatic heterocycles. The van der Waals surface area contributed by atoms with Crippen molar-refractivity contribution in [1.29, 1.82) is 0 Å². The molecule has 0 saturated carbocycles. The molecule has 2 aromatic heterocycles. The predicted octanol–water partition coefficient (Wildman–Crippen LogP) is 4.05. The van der Waals surface area contributed by atoms with Crippen LogP contribution in [0.15, 0.2) is 12.7 Å². The zero-order chi connectivity index (χ0) is 45.8. The molecule has 0 radical (unpaired) electrons. The van der Waals surface area contributed by atoms with Gasteiger partial charge in [0, 0.05) is 61.5 Å². The number of nitrogens with zero attached hydrogens (tertiary/aromatic N) is 5. The van der Waals surface area contributed by atoms with Gasteiger partial charge >= 0.3 is 25.9 Å². The Labute approximate surface area is 378 Å². The highest BCUT2D eigenvalue weighted by atomic mass is 127. The minimum Gasteiger partial charge on any atom is -0.456 e. The Morgan fingerprint density at radius 1 is 1.00 bits per heavy atom. The molecule has 3 amide bonds. The van der Waals surface area contributed by atoms with Gasteiger partial charge < -0.3 is 37.4 Å². The van der Waals surface area contributed by atoms with Crippen LogP contribution in [0.4, 0.5) is 10.6 Å². The number of fused-ring (bicyclic) bond motifs is 1. The fourth-order valence-electron chi connectivity index (χ4n) is 5.68. The van der Waals surface area contributed by atoms with E-state index in [1.165, 1.54) is 45.7 Å². The first-order valence-corrected chi connectivity index (χ1v) is 24.0. The molecule has 2 fully saturated rings. The molecule has 2 aliphatic rings. The molecule has 4 heterocycles. The Morgan fingerprint density at radius 2 is 1.66 bits per heavy atom. The molecular weight excluding hydrogens is 996 g/mol. The summed E-state index contributed by atoms with van der Waals surface area (Å²) in [4.78, 5) is 99.8. The number of imidazole rings is 1. The van der Waals surface area contributed by atoms with E-state index >= 15 is 0 Å². The number of imide groups is 1. The number of phosphoric ester groups is 1. The van der Waals surface area contributed by atoms with E-state index in [1.807, 2.05) is 36.7 Å². The van der Waals surface area contributed by atoms with Crippen molar-refractivity contribution in [2.75, 3.05) is 48.9 Å². The SMILES string of the molecule is CC(=O)OC1C(COP(=O)(O)OCC(C)(C)COCC(C)(C)CNC(=O)CCSSC(C)COC(=O)ON2C(=O)CCC2=O)OC(n2cnc3c(NI)ncnc32)C1OC(C)=O. The van der Waals surface area contributed by atoms with Crippen molar-refractivity contribution in [2.24, 2.45) is 10.8 Å². The van der Waals surface area contributed by atoms with Crippen molar-refractivity contribution >= 4 is 105 Å². The summed E-state index contributed by atoms with van der Waals surface area (Å²) in [7, 11) is -1.91. The number of esters is 2. The molecule has 4 rings (SSSR count). The molecule has 27 heteroatoms. The minimum atomic E-state index is -4.73. The molecule has 3 N–H and O–H groups in total. The fraction of sp³-hybridized carbons (Fsp3) is 0.686. The molecule has 23 nitrogen and oxygen atoms in total. The van der Waals surface area contributed by atoms with Crippen LogP contribution >= 0.6 is 52.3 Å². The number of anilines is 1. The van der Waals surface area contributed by atoms with Gasteiger partial charge in [-0.15, -0.1) is 0 Å². The maximum atomic E-state index is 13.1. The molecule has 2 aromatic rings. The van der Waals surface area contributed by atoms with E-state index in [1.54, 1.807) is 20.8 Å². The third-order valence-electron chi connectivity index (χ3n) is 8.63. The van der Waals surface area contributed by atoms with Crippen LogP contribution in [-0.4, -0.2) is 134 Å². The third-order valence-corrected chi connectivity index (χ3v) is 12.9. The normalized spacial score (nSPS) is 20.8. The number of ether oxygens (including phenoxy) is 5. The van der Waals surface area contributed by atoms with Crippen LogP contribution in [0.1, 0.15) is 74.0 Å². The molecule has 0 spiro atoms. The number of carbonyl (C=O) groups is 6. The number of aromatic nitrogens is 4. The summed E-state index contributed by atoms with van der Waals surface area (Å²) in [6.07, 6.45) is -3.09.